The van der Waals surface area contributed by atoms with Gasteiger partial charge < -0.3 is 19.9 Å². The van der Waals surface area contributed by atoms with Crippen LogP contribution in [-0.2, 0) is 16.1 Å². The van der Waals surface area contributed by atoms with E-state index in [-0.39, 0.29) is 5.91 Å². The Bertz CT molecular complexity index is 513. The molecule has 1 saturated heterocycles. The first-order valence-electron chi connectivity index (χ1n) is 7.31. The van der Waals surface area contributed by atoms with Crippen LogP contribution in [0.3, 0.4) is 0 Å². The molecule has 1 heterocycles. The number of hydrogen-bond acceptors (Lipinski definition) is 5. The Hall–Kier alpha value is -1.79. The van der Waals surface area contributed by atoms with Gasteiger partial charge in [0.25, 0.3) is 0 Å². The molecule has 1 aliphatic rings. The van der Waals surface area contributed by atoms with Gasteiger partial charge in [-0.3, -0.25) is 9.69 Å². The summed E-state index contributed by atoms with van der Waals surface area (Å²) in [6.45, 7) is 1.72. The van der Waals surface area contributed by atoms with Crippen molar-refractivity contribution < 1.29 is 19.0 Å². The predicted octanol–water partition coefficient (Wildman–Crippen LogP) is 1.17. The molecule has 1 aromatic rings. The largest absolute Gasteiger partial charge is 0.497 e. The van der Waals surface area contributed by atoms with Crippen LogP contribution in [0.25, 0.3) is 0 Å². The molecule has 122 valence electrons. The first-order valence-corrected chi connectivity index (χ1v) is 7.31. The third-order valence-electron chi connectivity index (χ3n) is 4.25. The fourth-order valence-electron chi connectivity index (χ4n) is 3.10. The summed E-state index contributed by atoms with van der Waals surface area (Å²) in [5.41, 5.74) is 5.95. The van der Waals surface area contributed by atoms with E-state index in [0.29, 0.717) is 13.2 Å². The van der Waals surface area contributed by atoms with Gasteiger partial charge >= 0.3 is 0 Å². The molecule has 1 aliphatic heterocycles. The number of amides is 1. The van der Waals surface area contributed by atoms with E-state index in [0.717, 1.165) is 36.4 Å². The van der Waals surface area contributed by atoms with Crippen molar-refractivity contribution in [1.29, 1.82) is 0 Å². The average Bonchev–Trinajstić information content (AvgIpc) is 2.91. The van der Waals surface area contributed by atoms with Crippen molar-refractivity contribution in [3.05, 3.63) is 23.8 Å². The molecule has 2 N–H and O–H groups in total. The van der Waals surface area contributed by atoms with Crippen molar-refractivity contribution in [3.8, 4) is 11.5 Å². The highest BCUT2D eigenvalue weighted by Crippen LogP contribution is 2.32. The molecule has 2 rings (SSSR count). The lowest BCUT2D eigenvalue weighted by Crippen LogP contribution is -2.56. The van der Waals surface area contributed by atoms with Crippen LogP contribution in [0.1, 0.15) is 18.4 Å². The number of benzene rings is 1. The first kappa shape index (κ1) is 16.6. The standard InChI is InChI=1S/C16H24N2O4/c1-20-11-16(15(17)19)5-4-6-18(16)10-12-7-13(21-2)9-14(8-12)22-3/h7-9H,4-6,10-11H2,1-3H3,(H2,17,19). The molecule has 1 amide bonds. The van der Waals surface area contributed by atoms with E-state index in [1.54, 1.807) is 21.3 Å². The highest BCUT2D eigenvalue weighted by Gasteiger charge is 2.46. The number of primary amides is 1. The molecule has 0 saturated carbocycles. The number of carbonyl (C=O) groups is 1. The summed E-state index contributed by atoms with van der Waals surface area (Å²) in [7, 11) is 4.83. The molecule has 6 nitrogen and oxygen atoms in total. The average molecular weight is 308 g/mol. The number of nitrogens with two attached hydrogens (primary N) is 1. The molecule has 1 unspecified atom stereocenters. The Labute approximate surface area is 131 Å². The summed E-state index contributed by atoms with van der Waals surface area (Å²) in [6.07, 6.45) is 1.64. The normalized spacial score (nSPS) is 21.8. The van der Waals surface area contributed by atoms with Gasteiger partial charge in [0.2, 0.25) is 5.91 Å². The zero-order chi connectivity index (χ0) is 16.2. The Morgan fingerprint density at radius 1 is 1.23 bits per heavy atom. The fourth-order valence-corrected chi connectivity index (χ4v) is 3.10. The highest BCUT2D eigenvalue weighted by atomic mass is 16.5. The molecule has 6 heteroatoms. The molecular formula is C16H24N2O4. The first-order chi connectivity index (χ1) is 10.6. The zero-order valence-electron chi connectivity index (χ0n) is 13.4. The van der Waals surface area contributed by atoms with Gasteiger partial charge in [-0.2, -0.15) is 0 Å². The van der Waals surface area contributed by atoms with Crippen LogP contribution in [0.2, 0.25) is 0 Å². The van der Waals surface area contributed by atoms with Crippen LogP contribution >= 0.6 is 0 Å². The topological polar surface area (TPSA) is 74.0 Å². The van der Waals surface area contributed by atoms with E-state index < -0.39 is 5.54 Å². The number of carbonyl (C=O) groups excluding carboxylic acids is 1. The van der Waals surface area contributed by atoms with E-state index in [9.17, 15) is 4.79 Å². The van der Waals surface area contributed by atoms with Gasteiger partial charge in [-0.05, 0) is 37.1 Å². The van der Waals surface area contributed by atoms with Gasteiger partial charge in [0.15, 0.2) is 0 Å². The summed E-state index contributed by atoms with van der Waals surface area (Å²) >= 11 is 0. The van der Waals surface area contributed by atoms with E-state index in [1.165, 1.54) is 0 Å². The van der Waals surface area contributed by atoms with Crippen molar-refractivity contribution in [3.63, 3.8) is 0 Å². The lowest BCUT2D eigenvalue weighted by Gasteiger charge is -2.35. The van der Waals surface area contributed by atoms with Crippen molar-refractivity contribution in [2.75, 3.05) is 34.5 Å². The van der Waals surface area contributed by atoms with Crippen molar-refractivity contribution in [1.82, 2.24) is 4.90 Å². The Morgan fingerprint density at radius 2 is 1.86 bits per heavy atom. The van der Waals surface area contributed by atoms with E-state index in [2.05, 4.69) is 4.90 Å². The Balaban J connectivity index is 2.26. The Kier molecular flexibility index (Phi) is 5.26. The van der Waals surface area contributed by atoms with E-state index >= 15 is 0 Å². The molecule has 0 aromatic heterocycles. The quantitative estimate of drug-likeness (QED) is 0.818. The molecule has 1 aromatic carbocycles. The smallest absolute Gasteiger partial charge is 0.240 e. The molecule has 22 heavy (non-hydrogen) atoms. The molecule has 0 radical (unpaired) electrons. The van der Waals surface area contributed by atoms with E-state index in [4.69, 9.17) is 19.9 Å². The number of likely N-dealkylation sites (tertiary alicyclic amines) is 1. The number of ether oxygens (including phenoxy) is 3. The minimum absolute atomic E-state index is 0.309. The molecular weight excluding hydrogens is 284 g/mol. The third-order valence-corrected chi connectivity index (χ3v) is 4.25. The third kappa shape index (κ3) is 3.18. The SMILES string of the molecule is COCC1(C(N)=O)CCCN1Cc1cc(OC)cc(OC)c1. The highest BCUT2D eigenvalue weighted by molar-refractivity contribution is 5.85. The van der Waals surface area contributed by atoms with Crippen LogP contribution in [-0.4, -0.2) is 50.8 Å². The second-order valence-electron chi connectivity index (χ2n) is 5.57. The van der Waals surface area contributed by atoms with Crippen LogP contribution in [0.15, 0.2) is 18.2 Å². The van der Waals surface area contributed by atoms with Crippen LogP contribution in [0, 0.1) is 0 Å². The maximum Gasteiger partial charge on any atom is 0.240 e. The van der Waals surface area contributed by atoms with Gasteiger partial charge in [-0.1, -0.05) is 0 Å². The molecule has 0 spiro atoms. The maximum absolute atomic E-state index is 12.0. The van der Waals surface area contributed by atoms with Gasteiger partial charge in [0, 0.05) is 19.7 Å². The molecule has 0 aliphatic carbocycles. The predicted molar refractivity (Wildman–Crippen MR) is 83.0 cm³/mol. The second kappa shape index (κ2) is 6.98. The van der Waals surface area contributed by atoms with Gasteiger partial charge in [-0.25, -0.2) is 0 Å². The Morgan fingerprint density at radius 3 is 2.36 bits per heavy atom. The second-order valence-corrected chi connectivity index (χ2v) is 5.57. The summed E-state index contributed by atoms with van der Waals surface area (Å²) in [4.78, 5) is 14.1. The number of hydrogen-bond donors (Lipinski definition) is 1. The molecule has 1 fully saturated rings. The zero-order valence-corrected chi connectivity index (χ0v) is 13.4. The minimum atomic E-state index is -0.731. The van der Waals surface area contributed by atoms with Crippen LogP contribution in [0.5, 0.6) is 11.5 Å². The summed E-state index contributed by atoms with van der Waals surface area (Å²) < 4.78 is 15.8. The van der Waals surface area contributed by atoms with Gasteiger partial charge in [-0.15, -0.1) is 0 Å². The summed E-state index contributed by atoms with van der Waals surface area (Å²) in [6, 6.07) is 5.71. The molecule has 0 bridgehead atoms. The minimum Gasteiger partial charge on any atom is -0.497 e. The monoisotopic (exact) mass is 308 g/mol. The van der Waals surface area contributed by atoms with Crippen molar-refractivity contribution in [2.45, 2.75) is 24.9 Å². The van der Waals surface area contributed by atoms with Crippen molar-refractivity contribution in [2.24, 2.45) is 5.73 Å². The maximum atomic E-state index is 12.0. The summed E-state index contributed by atoms with van der Waals surface area (Å²) in [5.74, 6) is 1.12. The lowest BCUT2D eigenvalue weighted by atomic mass is 9.95. The fraction of sp³-hybridized carbons (Fsp3) is 0.562. The number of nitrogens with zero attached hydrogens (tertiary/aromatic N) is 1. The van der Waals surface area contributed by atoms with Crippen LogP contribution in [0.4, 0.5) is 0 Å². The lowest BCUT2D eigenvalue weighted by molar-refractivity contribution is -0.132. The van der Waals surface area contributed by atoms with E-state index in [1.807, 2.05) is 18.2 Å². The molecule has 1 atom stereocenters. The number of rotatable bonds is 7. The van der Waals surface area contributed by atoms with Crippen molar-refractivity contribution >= 4 is 5.91 Å². The summed E-state index contributed by atoms with van der Waals surface area (Å²) in [5, 5.41) is 0. The van der Waals surface area contributed by atoms with Crippen LogP contribution < -0.4 is 15.2 Å². The number of methoxy groups -OCH3 is 3. The van der Waals surface area contributed by atoms with Gasteiger partial charge in [0.1, 0.15) is 17.0 Å². The van der Waals surface area contributed by atoms with Gasteiger partial charge in [0.05, 0.1) is 20.8 Å².